The highest BCUT2D eigenvalue weighted by molar-refractivity contribution is 7.07. The van der Waals surface area contributed by atoms with E-state index in [2.05, 4.69) is 0 Å². The molecule has 2 rings (SSSR count). The molecule has 0 bridgehead atoms. The van der Waals surface area contributed by atoms with Gasteiger partial charge < -0.3 is 0 Å². The zero-order chi connectivity index (χ0) is 10.1. The molecule has 0 fully saturated rings. The van der Waals surface area contributed by atoms with E-state index in [9.17, 15) is 4.79 Å². The van der Waals surface area contributed by atoms with Gasteiger partial charge in [0, 0.05) is 11.1 Å². The van der Waals surface area contributed by atoms with Crippen molar-refractivity contribution in [2.75, 3.05) is 0 Å². The largest absolute Gasteiger partial charge is 0.311 e. The number of para-hydroxylation sites is 1. The van der Waals surface area contributed by atoms with Gasteiger partial charge in [0.1, 0.15) is 0 Å². The molecule has 0 atom stereocenters. The minimum Gasteiger partial charge on any atom is -0.270 e. The maximum absolute atomic E-state index is 11.5. The maximum Gasteiger partial charge on any atom is 0.311 e. The average Bonchev–Trinajstić information content (AvgIpc) is 2.48. The third-order valence-corrected chi connectivity index (χ3v) is 3.12. The number of hydrogen-bond donors (Lipinski definition) is 0. The van der Waals surface area contributed by atoms with Crippen molar-refractivity contribution < 1.29 is 0 Å². The van der Waals surface area contributed by atoms with Crippen LogP contribution in [0.1, 0.15) is 5.69 Å². The van der Waals surface area contributed by atoms with Crippen molar-refractivity contribution in [3.05, 3.63) is 50.0 Å². The summed E-state index contributed by atoms with van der Waals surface area (Å²) in [5.74, 6) is 0. The minimum atomic E-state index is -0.00407. The van der Waals surface area contributed by atoms with E-state index in [-0.39, 0.29) is 4.87 Å². The summed E-state index contributed by atoms with van der Waals surface area (Å²) in [4.78, 5) is 11.5. The van der Waals surface area contributed by atoms with E-state index < -0.39 is 0 Å². The lowest BCUT2D eigenvalue weighted by atomic mass is 10.3. The van der Waals surface area contributed by atoms with Crippen molar-refractivity contribution in [3.8, 4) is 5.69 Å². The summed E-state index contributed by atoms with van der Waals surface area (Å²) in [6, 6.07) is 7.33. The summed E-state index contributed by atoms with van der Waals surface area (Å²) in [5.41, 5.74) is 1.66. The topological polar surface area (TPSA) is 22.0 Å². The Labute approximate surface area is 90.4 Å². The van der Waals surface area contributed by atoms with E-state index in [4.69, 9.17) is 11.6 Å². The fraction of sp³-hybridized carbons (Fsp3) is 0.100. The molecular weight excluding hydrogens is 218 g/mol. The molecule has 14 heavy (non-hydrogen) atoms. The van der Waals surface area contributed by atoms with Gasteiger partial charge in [-0.05, 0) is 19.1 Å². The number of rotatable bonds is 1. The molecule has 4 heteroatoms. The molecule has 0 amide bonds. The monoisotopic (exact) mass is 225 g/mol. The highest BCUT2D eigenvalue weighted by Gasteiger charge is 2.07. The van der Waals surface area contributed by atoms with Crippen LogP contribution in [0, 0.1) is 6.92 Å². The molecule has 0 N–H and O–H groups in total. The number of benzene rings is 1. The summed E-state index contributed by atoms with van der Waals surface area (Å²) >= 11 is 7.19. The van der Waals surface area contributed by atoms with Crippen LogP contribution in [0.4, 0.5) is 0 Å². The van der Waals surface area contributed by atoms with Gasteiger partial charge in [-0.15, -0.1) is 0 Å². The van der Waals surface area contributed by atoms with Gasteiger partial charge in [-0.3, -0.25) is 9.36 Å². The van der Waals surface area contributed by atoms with Crippen molar-refractivity contribution in [1.82, 2.24) is 4.57 Å². The SMILES string of the molecule is Cc1csc(=O)n1-c1ccccc1Cl. The molecular formula is C10H8ClNOS. The summed E-state index contributed by atoms with van der Waals surface area (Å²) in [6.07, 6.45) is 0. The summed E-state index contributed by atoms with van der Waals surface area (Å²) in [7, 11) is 0. The first-order valence-corrected chi connectivity index (χ1v) is 5.38. The molecule has 2 nitrogen and oxygen atoms in total. The normalized spacial score (nSPS) is 10.4. The second-order valence-corrected chi connectivity index (χ2v) is 4.16. The Morgan fingerprint density at radius 1 is 1.36 bits per heavy atom. The molecule has 0 aliphatic heterocycles. The lowest BCUT2D eigenvalue weighted by molar-refractivity contribution is 0.982. The standard InChI is InChI=1S/C10H8ClNOS/c1-7-6-14-10(13)12(7)9-5-3-2-4-8(9)11/h2-6H,1H3. The minimum absolute atomic E-state index is 0.00407. The van der Waals surface area contributed by atoms with Crippen molar-refractivity contribution >= 4 is 22.9 Å². The van der Waals surface area contributed by atoms with Crippen molar-refractivity contribution in [1.29, 1.82) is 0 Å². The quantitative estimate of drug-likeness (QED) is 0.732. The van der Waals surface area contributed by atoms with Gasteiger partial charge in [-0.1, -0.05) is 35.1 Å². The van der Waals surface area contributed by atoms with Gasteiger partial charge in [0.25, 0.3) is 0 Å². The van der Waals surface area contributed by atoms with Gasteiger partial charge >= 0.3 is 4.87 Å². The molecule has 1 aromatic heterocycles. The zero-order valence-electron chi connectivity index (χ0n) is 7.53. The van der Waals surface area contributed by atoms with E-state index in [1.165, 1.54) is 11.3 Å². The summed E-state index contributed by atoms with van der Waals surface area (Å²) in [6.45, 7) is 1.89. The van der Waals surface area contributed by atoms with Gasteiger partial charge in [0.15, 0.2) is 0 Å². The van der Waals surface area contributed by atoms with Crippen LogP contribution in [0.3, 0.4) is 0 Å². The smallest absolute Gasteiger partial charge is 0.270 e. The number of aryl methyl sites for hydroxylation is 1. The number of halogens is 1. The molecule has 2 aromatic rings. The number of thiazole rings is 1. The number of hydrogen-bond acceptors (Lipinski definition) is 2. The Morgan fingerprint density at radius 2 is 2.07 bits per heavy atom. The van der Waals surface area contributed by atoms with Crippen LogP contribution in [-0.2, 0) is 0 Å². The second-order valence-electron chi connectivity index (χ2n) is 2.93. The predicted molar refractivity (Wildman–Crippen MR) is 59.7 cm³/mol. The third kappa shape index (κ3) is 1.49. The van der Waals surface area contributed by atoms with Crippen molar-refractivity contribution in [2.24, 2.45) is 0 Å². The Kier molecular flexibility index (Phi) is 2.44. The molecule has 0 saturated heterocycles. The molecule has 1 aromatic carbocycles. The van der Waals surface area contributed by atoms with Crippen molar-refractivity contribution in [2.45, 2.75) is 6.92 Å². The molecule has 0 radical (unpaired) electrons. The van der Waals surface area contributed by atoms with Crippen LogP contribution in [0.15, 0.2) is 34.4 Å². The van der Waals surface area contributed by atoms with Crippen molar-refractivity contribution in [3.63, 3.8) is 0 Å². The lowest BCUT2D eigenvalue weighted by Gasteiger charge is -2.05. The predicted octanol–water partition coefficient (Wildman–Crippen LogP) is 2.86. The molecule has 0 unspecified atom stereocenters. The fourth-order valence-corrected chi connectivity index (χ4v) is 2.25. The van der Waals surface area contributed by atoms with E-state index >= 15 is 0 Å². The Hall–Kier alpha value is -1.06. The molecule has 1 heterocycles. The van der Waals surface area contributed by atoms with Crippen LogP contribution >= 0.6 is 22.9 Å². The van der Waals surface area contributed by atoms with Crippen LogP contribution in [0.5, 0.6) is 0 Å². The maximum atomic E-state index is 11.5. The van der Waals surface area contributed by atoms with E-state index in [1.54, 1.807) is 10.6 Å². The van der Waals surface area contributed by atoms with Crippen LogP contribution < -0.4 is 4.87 Å². The van der Waals surface area contributed by atoms with Crippen LogP contribution in [0.2, 0.25) is 5.02 Å². The highest BCUT2D eigenvalue weighted by atomic mass is 35.5. The first-order valence-electron chi connectivity index (χ1n) is 4.12. The molecule has 0 aliphatic rings. The highest BCUT2D eigenvalue weighted by Crippen LogP contribution is 2.20. The molecule has 72 valence electrons. The second kappa shape index (κ2) is 3.59. The molecule has 0 spiro atoms. The summed E-state index contributed by atoms with van der Waals surface area (Å²) in [5, 5.41) is 2.42. The van der Waals surface area contributed by atoms with E-state index in [0.717, 1.165) is 11.4 Å². The average molecular weight is 226 g/mol. The molecule has 0 saturated carbocycles. The number of nitrogens with zero attached hydrogens (tertiary/aromatic N) is 1. The van der Waals surface area contributed by atoms with Crippen LogP contribution in [-0.4, -0.2) is 4.57 Å². The third-order valence-electron chi connectivity index (χ3n) is 1.96. The lowest BCUT2D eigenvalue weighted by Crippen LogP contribution is -2.12. The van der Waals surface area contributed by atoms with E-state index in [1.807, 2.05) is 30.5 Å². The van der Waals surface area contributed by atoms with Crippen LogP contribution in [0.25, 0.3) is 5.69 Å². The first kappa shape index (κ1) is 9.49. The van der Waals surface area contributed by atoms with Gasteiger partial charge in [0.05, 0.1) is 10.7 Å². The first-order chi connectivity index (χ1) is 6.70. The van der Waals surface area contributed by atoms with E-state index in [0.29, 0.717) is 5.02 Å². The Morgan fingerprint density at radius 3 is 2.64 bits per heavy atom. The zero-order valence-corrected chi connectivity index (χ0v) is 9.10. The van der Waals surface area contributed by atoms with Gasteiger partial charge in [0.2, 0.25) is 0 Å². The van der Waals surface area contributed by atoms with Gasteiger partial charge in [-0.2, -0.15) is 0 Å². The molecule has 0 aliphatic carbocycles. The van der Waals surface area contributed by atoms with Gasteiger partial charge in [-0.25, -0.2) is 0 Å². The number of aromatic nitrogens is 1. The Balaban J connectivity index is 2.72. The fourth-order valence-electron chi connectivity index (χ4n) is 1.31. The summed E-state index contributed by atoms with van der Waals surface area (Å²) < 4.78 is 1.62. The Bertz CT molecular complexity index is 515.